The fraction of sp³-hybridized carbons (Fsp3) is 0.720. The Morgan fingerprint density at radius 1 is 1.30 bits per heavy atom. The van der Waals surface area contributed by atoms with E-state index in [2.05, 4.69) is 20.1 Å². The molecule has 3 heterocycles. The zero-order chi connectivity index (χ0) is 24.0. The Hall–Kier alpha value is -1.80. The van der Waals surface area contributed by atoms with Crippen LogP contribution in [0.5, 0.6) is 0 Å². The first-order chi connectivity index (χ1) is 16.0. The van der Waals surface area contributed by atoms with E-state index in [1.54, 1.807) is 28.8 Å². The molecule has 33 heavy (non-hydrogen) atoms. The summed E-state index contributed by atoms with van der Waals surface area (Å²) >= 11 is 1.65. The number of aliphatic hydroxyl groups excluding tert-OH is 1. The molecular weight excluding hydrogens is 440 g/mol. The van der Waals surface area contributed by atoms with Crippen molar-refractivity contribution in [3.63, 3.8) is 0 Å². The quantitative estimate of drug-likeness (QED) is 0.235. The third kappa shape index (κ3) is 4.87. The summed E-state index contributed by atoms with van der Waals surface area (Å²) in [6.45, 7) is 11.2. The van der Waals surface area contributed by atoms with E-state index in [-0.39, 0.29) is 36.2 Å². The highest BCUT2D eigenvalue weighted by Crippen LogP contribution is 2.66. The minimum atomic E-state index is -0.621. The third-order valence-electron chi connectivity index (χ3n) is 7.12. The average molecular weight is 479 g/mol. The second kappa shape index (κ2) is 11.6. The molecule has 0 aromatic carbocycles. The van der Waals surface area contributed by atoms with E-state index < -0.39 is 22.6 Å². The van der Waals surface area contributed by atoms with Crippen molar-refractivity contribution in [1.82, 2.24) is 9.80 Å². The van der Waals surface area contributed by atoms with Crippen LogP contribution >= 0.6 is 11.8 Å². The maximum atomic E-state index is 13.9. The summed E-state index contributed by atoms with van der Waals surface area (Å²) < 4.78 is 4.88. The highest BCUT2D eigenvalue weighted by atomic mass is 32.2. The van der Waals surface area contributed by atoms with Crippen molar-refractivity contribution in [1.29, 1.82) is 0 Å². The van der Waals surface area contributed by atoms with E-state index >= 15 is 0 Å². The molecule has 2 amide bonds. The Morgan fingerprint density at radius 2 is 2.09 bits per heavy atom. The number of nitrogens with zero attached hydrogens (tertiary/aromatic N) is 2. The molecule has 2 unspecified atom stereocenters. The van der Waals surface area contributed by atoms with Crippen LogP contribution in [0.25, 0.3) is 0 Å². The molecule has 3 aliphatic rings. The fourth-order valence-electron chi connectivity index (χ4n) is 5.69. The van der Waals surface area contributed by atoms with Gasteiger partial charge in [-0.25, -0.2) is 0 Å². The molecule has 7 nitrogen and oxygen atoms in total. The molecule has 184 valence electrons. The lowest BCUT2D eigenvalue weighted by molar-refractivity contribution is -0.154. The van der Waals surface area contributed by atoms with Gasteiger partial charge in [-0.2, -0.15) is 0 Å². The van der Waals surface area contributed by atoms with Crippen LogP contribution in [-0.4, -0.2) is 81.6 Å². The summed E-state index contributed by atoms with van der Waals surface area (Å²) in [6, 6.07) is -0.621. The number of aliphatic hydroxyl groups is 1. The van der Waals surface area contributed by atoms with Crippen LogP contribution in [0.3, 0.4) is 0 Å². The van der Waals surface area contributed by atoms with Crippen molar-refractivity contribution in [2.24, 2.45) is 11.8 Å². The molecule has 0 aromatic rings. The van der Waals surface area contributed by atoms with Crippen molar-refractivity contribution in [2.75, 3.05) is 32.8 Å². The first-order valence-corrected chi connectivity index (χ1v) is 13.1. The molecule has 3 fully saturated rings. The van der Waals surface area contributed by atoms with Crippen LogP contribution < -0.4 is 0 Å². The molecule has 0 radical (unpaired) electrons. The van der Waals surface area contributed by atoms with Crippen LogP contribution in [0, 0.1) is 11.8 Å². The van der Waals surface area contributed by atoms with Gasteiger partial charge >= 0.3 is 5.97 Å². The van der Waals surface area contributed by atoms with Gasteiger partial charge in [-0.05, 0) is 32.1 Å². The van der Waals surface area contributed by atoms with Crippen molar-refractivity contribution in [3.8, 4) is 0 Å². The normalized spacial score (nSPS) is 29.8. The molecule has 0 aromatic heterocycles. The van der Waals surface area contributed by atoms with Crippen LogP contribution in [0.1, 0.15) is 51.9 Å². The van der Waals surface area contributed by atoms with E-state index in [1.165, 1.54) is 0 Å². The van der Waals surface area contributed by atoms with Crippen LogP contribution in [0.2, 0.25) is 0 Å². The number of hydrogen-bond donors (Lipinski definition) is 1. The summed E-state index contributed by atoms with van der Waals surface area (Å²) in [5.74, 6) is -1.62. The Bertz CT molecular complexity index is 759. The molecule has 3 saturated heterocycles. The van der Waals surface area contributed by atoms with E-state index in [9.17, 15) is 19.5 Å². The third-order valence-corrected chi connectivity index (χ3v) is 9.07. The van der Waals surface area contributed by atoms with Gasteiger partial charge in [0.05, 0.1) is 23.2 Å². The van der Waals surface area contributed by atoms with E-state index in [0.29, 0.717) is 32.5 Å². The average Bonchev–Trinajstić information content (AvgIpc) is 3.44. The van der Waals surface area contributed by atoms with Gasteiger partial charge in [0.25, 0.3) is 0 Å². The number of thioether (sulfide) groups is 1. The molecule has 3 aliphatic heterocycles. The van der Waals surface area contributed by atoms with Crippen molar-refractivity contribution < 1.29 is 24.2 Å². The van der Waals surface area contributed by atoms with Gasteiger partial charge in [-0.3, -0.25) is 14.4 Å². The number of likely N-dealkylation sites (tertiary alicyclic amines) is 1. The standard InChI is InChI=1S/C25H38N2O5S/c1-4-7-9-14-26(13-6-3)23(30)21-25-12-11-18(33-25)19(24(31)32-17-8-5-2)20(25)22(29)27(21)15-10-16-28/h5-6,18-21,28H,2-4,7-17H2,1H3/t18-,19+,20+,21?,25?/m1/s1. The molecule has 1 spiro atoms. The molecule has 1 N–H and O–H groups in total. The van der Waals surface area contributed by atoms with Gasteiger partial charge in [-0.1, -0.05) is 31.9 Å². The van der Waals surface area contributed by atoms with Crippen LogP contribution in [-0.2, 0) is 19.1 Å². The maximum absolute atomic E-state index is 13.9. The Morgan fingerprint density at radius 3 is 2.76 bits per heavy atom. The minimum absolute atomic E-state index is 0.00146. The van der Waals surface area contributed by atoms with Crippen molar-refractivity contribution >= 4 is 29.5 Å². The number of hydrogen-bond acceptors (Lipinski definition) is 6. The number of unbranched alkanes of at least 4 members (excludes halogenated alkanes) is 2. The molecule has 5 atom stereocenters. The first-order valence-electron chi connectivity index (χ1n) is 12.2. The van der Waals surface area contributed by atoms with Gasteiger partial charge in [0.2, 0.25) is 11.8 Å². The number of carbonyl (C=O) groups is 3. The molecule has 8 heteroatoms. The van der Waals surface area contributed by atoms with Gasteiger partial charge in [0.15, 0.2) is 0 Å². The monoisotopic (exact) mass is 478 g/mol. The number of rotatable bonds is 14. The Kier molecular flexibility index (Phi) is 9.04. The second-order valence-corrected chi connectivity index (χ2v) is 10.8. The zero-order valence-electron chi connectivity index (χ0n) is 19.7. The highest BCUT2D eigenvalue weighted by molar-refractivity contribution is 8.02. The molecule has 2 bridgehead atoms. The molecule has 3 rings (SSSR count). The van der Waals surface area contributed by atoms with E-state index in [0.717, 1.165) is 32.1 Å². The molecular formula is C25H38N2O5S. The Balaban J connectivity index is 1.91. The maximum Gasteiger partial charge on any atom is 0.310 e. The van der Waals surface area contributed by atoms with Crippen LogP contribution in [0.15, 0.2) is 25.3 Å². The number of amides is 2. The zero-order valence-corrected chi connectivity index (χ0v) is 20.6. The first kappa shape index (κ1) is 25.8. The van der Waals surface area contributed by atoms with Crippen molar-refractivity contribution in [2.45, 2.75) is 67.9 Å². The Labute approximate surface area is 201 Å². The second-order valence-electron chi connectivity index (χ2n) is 9.19. The van der Waals surface area contributed by atoms with Gasteiger partial charge in [0, 0.05) is 31.5 Å². The van der Waals surface area contributed by atoms with Crippen molar-refractivity contribution in [3.05, 3.63) is 25.3 Å². The number of carbonyl (C=O) groups excluding carboxylic acids is 3. The smallest absolute Gasteiger partial charge is 0.310 e. The lowest BCUT2D eigenvalue weighted by atomic mass is 9.71. The number of fused-ring (bicyclic) bond motifs is 1. The summed E-state index contributed by atoms with van der Waals surface area (Å²) in [4.78, 5) is 44.1. The summed E-state index contributed by atoms with van der Waals surface area (Å²) in [7, 11) is 0. The topological polar surface area (TPSA) is 87.1 Å². The predicted molar refractivity (Wildman–Crippen MR) is 130 cm³/mol. The van der Waals surface area contributed by atoms with E-state index in [1.807, 2.05) is 4.90 Å². The van der Waals surface area contributed by atoms with E-state index in [4.69, 9.17) is 4.74 Å². The summed E-state index contributed by atoms with van der Waals surface area (Å²) in [5, 5.41) is 9.43. The molecule has 0 aliphatic carbocycles. The highest BCUT2D eigenvalue weighted by Gasteiger charge is 2.74. The van der Waals surface area contributed by atoms with Gasteiger partial charge in [-0.15, -0.1) is 24.9 Å². The summed E-state index contributed by atoms with van der Waals surface area (Å²) in [6.07, 6.45) is 8.91. The van der Waals surface area contributed by atoms with Gasteiger partial charge < -0.3 is 19.6 Å². The summed E-state index contributed by atoms with van der Waals surface area (Å²) in [5.41, 5.74) is 0. The predicted octanol–water partition coefficient (Wildman–Crippen LogP) is 2.78. The lowest BCUT2D eigenvalue weighted by Crippen LogP contribution is -2.55. The fourth-order valence-corrected chi connectivity index (χ4v) is 7.89. The largest absolute Gasteiger partial charge is 0.465 e. The molecule has 0 saturated carbocycles. The SMILES string of the molecule is C=CCCOC(=O)[C@@H]1[C@H]2C(=O)N(CCCO)C(C(=O)N(CC=C)CCCCC)C23CC[C@H]1S3. The lowest BCUT2D eigenvalue weighted by Gasteiger charge is -2.37. The van der Waals surface area contributed by atoms with Crippen LogP contribution in [0.4, 0.5) is 0 Å². The minimum Gasteiger partial charge on any atom is -0.465 e. The number of esters is 1. The number of ether oxygens (including phenoxy) is 1. The van der Waals surface area contributed by atoms with Gasteiger partial charge in [0.1, 0.15) is 6.04 Å².